The number of methoxy groups -OCH3 is 1. The number of nitrogens with one attached hydrogen (secondary N) is 1. The van der Waals surface area contributed by atoms with Crippen LogP contribution >= 0.6 is 0 Å². The summed E-state index contributed by atoms with van der Waals surface area (Å²) in [6.45, 7) is 1.33. The van der Waals surface area contributed by atoms with E-state index in [1.165, 1.54) is 19.2 Å². The minimum Gasteiger partial charge on any atom is -0.389 e. The van der Waals surface area contributed by atoms with Crippen LogP contribution in [0.4, 0.5) is 4.39 Å². The van der Waals surface area contributed by atoms with Gasteiger partial charge in [0.15, 0.2) is 0 Å². The first-order valence-electron chi connectivity index (χ1n) is 6.88. The molecule has 118 valence electrons. The van der Waals surface area contributed by atoms with Crippen LogP contribution in [0.1, 0.15) is 5.56 Å². The summed E-state index contributed by atoms with van der Waals surface area (Å²) in [7, 11) is 3.28. The molecule has 6 heteroatoms. The SMILES string of the molecule is COCC(O)CN(C)CC(=O)NCCc1ccc(F)cc1. The second kappa shape index (κ2) is 9.44. The molecule has 5 nitrogen and oxygen atoms in total. The zero-order valence-electron chi connectivity index (χ0n) is 12.5. The number of aliphatic hydroxyl groups is 1. The Morgan fingerprint density at radius 2 is 2.10 bits per heavy atom. The summed E-state index contributed by atoms with van der Waals surface area (Å²) < 4.78 is 17.6. The van der Waals surface area contributed by atoms with Gasteiger partial charge in [-0.05, 0) is 31.2 Å². The highest BCUT2D eigenvalue weighted by atomic mass is 19.1. The summed E-state index contributed by atoms with van der Waals surface area (Å²) in [5.41, 5.74) is 0.973. The van der Waals surface area contributed by atoms with Crippen molar-refractivity contribution in [1.82, 2.24) is 10.2 Å². The molecule has 0 aliphatic rings. The number of hydrogen-bond donors (Lipinski definition) is 2. The van der Waals surface area contributed by atoms with Gasteiger partial charge in [0.2, 0.25) is 5.91 Å². The van der Waals surface area contributed by atoms with Crippen LogP contribution in [-0.2, 0) is 16.0 Å². The van der Waals surface area contributed by atoms with E-state index in [1.807, 2.05) is 0 Å². The smallest absolute Gasteiger partial charge is 0.234 e. The molecule has 0 radical (unpaired) electrons. The fraction of sp³-hybridized carbons (Fsp3) is 0.533. The van der Waals surface area contributed by atoms with Gasteiger partial charge in [-0.1, -0.05) is 12.1 Å². The largest absolute Gasteiger partial charge is 0.389 e. The molecular weight excluding hydrogens is 275 g/mol. The first-order chi connectivity index (χ1) is 10.0. The third-order valence-corrected chi connectivity index (χ3v) is 2.94. The molecular formula is C15H23FN2O3. The molecule has 0 aliphatic carbocycles. The molecule has 0 aliphatic heterocycles. The van der Waals surface area contributed by atoms with Crippen LogP contribution in [0.25, 0.3) is 0 Å². The van der Waals surface area contributed by atoms with Gasteiger partial charge in [-0.25, -0.2) is 4.39 Å². The fourth-order valence-electron chi connectivity index (χ4n) is 1.97. The predicted molar refractivity (Wildman–Crippen MR) is 78.5 cm³/mol. The Kier molecular flexibility index (Phi) is 7.89. The average molecular weight is 298 g/mol. The summed E-state index contributed by atoms with van der Waals surface area (Å²) in [6, 6.07) is 6.22. The van der Waals surface area contributed by atoms with Crippen LogP contribution in [0.15, 0.2) is 24.3 Å². The lowest BCUT2D eigenvalue weighted by molar-refractivity contribution is -0.122. The second-order valence-corrected chi connectivity index (χ2v) is 5.03. The van der Waals surface area contributed by atoms with Gasteiger partial charge >= 0.3 is 0 Å². The molecule has 1 rings (SSSR count). The summed E-state index contributed by atoms with van der Waals surface area (Å²) in [6.07, 6.45) is 0.0502. The molecule has 1 aromatic rings. The van der Waals surface area contributed by atoms with Crippen molar-refractivity contribution in [2.45, 2.75) is 12.5 Å². The number of aliphatic hydroxyl groups excluding tert-OH is 1. The molecule has 0 saturated carbocycles. The zero-order valence-corrected chi connectivity index (χ0v) is 12.5. The fourth-order valence-corrected chi connectivity index (χ4v) is 1.97. The number of ether oxygens (including phenoxy) is 1. The number of rotatable bonds is 9. The van der Waals surface area contributed by atoms with Gasteiger partial charge in [0.25, 0.3) is 0 Å². The number of likely N-dealkylation sites (N-methyl/N-ethyl adjacent to an activating group) is 1. The van der Waals surface area contributed by atoms with E-state index in [1.54, 1.807) is 24.1 Å². The lowest BCUT2D eigenvalue weighted by atomic mass is 10.1. The van der Waals surface area contributed by atoms with Crippen molar-refractivity contribution in [1.29, 1.82) is 0 Å². The molecule has 0 fully saturated rings. The van der Waals surface area contributed by atoms with Gasteiger partial charge in [0.05, 0.1) is 19.3 Å². The lowest BCUT2D eigenvalue weighted by Gasteiger charge is -2.19. The van der Waals surface area contributed by atoms with Gasteiger partial charge in [0.1, 0.15) is 5.82 Å². The molecule has 0 spiro atoms. The zero-order chi connectivity index (χ0) is 15.7. The van der Waals surface area contributed by atoms with Crippen molar-refractivity contribution in [2.75, 3.05) is 40.4 Å². The molecule has 21 heavy (non-hydrogen) atoms. The average Bonchev–Trinajstić information content (AvgIpc) is 2.41. The maximum Gasteiger partial charge on any atom is 0.234 e. The third kappa shape index (κ3) is 7.75. The number of hydrogen-bond acceptors (Lipinski definition) is 4. The summed E-state index contributed by atoms with van der Waals surface area (Å²) in [5.74, 6) is -0.372. The Bertz CT molecular complexity index is 425. The lowest BCUT2D eigenvalue weighted by Crippen LogP contribution is -2.40. The highest BCUT2D eigenvalue weighted by molar-refractivity contribution is 5.77. The number of halogens is 1. The summed E-state index contributed by atoms with van der Waals surface area (Å²) in [5, 5.41) is 12.3. The summed E-state index contributed by atoms with van der Waals surface area (Å²) >= 11 is 0. The van der Waals surface area contributed by atoms with E-state index < -0.39 is 6.10 Å². The highest BCUT2D eigenvalue weighted by Crippen LogP contribution is 2.02. The number of nitrogens with zero attached hydrogens (tertiary/aromatic N) is 1. The molecule has 1 amide bonds. The maximum absolute atomic E-state index is 12.7. The maximum atomic E-state index is 12.7. The minimum absolute atomic E-state index is 0.107. The van der Waals surface area contributed by atoms with Gasteiger partial charge in [-0.15, -0.1) is 0 Å². The van der Waals surface area contributed by atoms with Crippen molar-refractivity contribution in [2.24, 2.45) is 0 Å². The van der Waals surface area contributed by atoms with Crippen LogP contribution in [0, 0.1) is 5.82 Å². The number of amides is 1. The van der Waals surface area contributed by atoms with E-state index in [-0.39, 0.29) is 24.9 Å². The Labute approximate surface area is 124 Å². The van der Waals surface area contributed by atoms with Gasteiger partial charge in [-0.2, -0.15) is 0 Å². The van der Waals surface area contributed by atoms with Crippen molar-refractivity contribution < 1.29 is 19.0 Å². The van der Waals surface area contributed by atoms with E-state index in [2.05, 4.69) is 5.32 Å². The van der Waals surface area contributed by atoms with Gasteiger partial charge in [0, 0.05) is 20.2 Å². The van der Waals surface area contributed by atoms with Crippen LogP contribution in [0.3, 0.4) is 0 Å². The Morgan fingerprint density at radius 1 is 1.43 bits per heavy atom. The van der Waals surface area contributed by atoms with Crippen molar-refractivity contribution in [3.63, 3.8) is 0 Å². The molecule has 1 aromatic carbocycles. The van der Waals surface area contributed by atoms with Crippen LogP contribution in [0.2, 0.25) is 0 Å². The third-order valence-electron chi connectivity index (χ3n) is 2.94. The monoisotopic (exact) mass is 298 g/mol. The molecule has 0 saturated heterocycles. The van der Waals surface area contributed by atoms with Gasteiger partial charge < -0.3 is 15.2 Å². The van der Waals surface area contributed by atoms with Gasteiger partial charge in [-0.3, -0.25) is 9.69 Å². The van der Waals surface area contributed by atoms with E-state index in [0.717, 1.165) is 5.56 Å². The molecule has 2 N–H and O–H groups in total. The van der Waals surface area contributed by atoms with Crippen LogP contribution in [0.5, 0.6) is 0 Å². The molecule has 0 heterocycles. The normalized spacial score (nSPS) is 12.4. The number of carbonyl (C=O) groups excluding carboxylic acids is 1. The molecule has 1 unspecified atom stereocenters. The topological polar surface area (TPSA) is 61.8 Å². The Morgan fingerprint density at radius 3 is 2.71 bits per heavy atom. The van der Waals surface area contributed by atoms with E-state index in [9.17, 15) is 14.3 Å². The standard InChI is InChI=1S/C15H23FN2O3/c1-18(9-14(19)11-21-2)10-15(20)17-8-7-12-3-5-13(16)6-4-12/h3-6,14,19H,7-11H2,1-2H3,(H,17,20). The Balaban J connectivity index is 2.20. The van der Waals surface area contributed by atoms with Crippen molar-refractivity contribution in [3.05, 3.63) is 35.6 Å². The summed E-state index contributed by atoms with van der Waals surface area (Å²) in [4.78, 5) is 13.4. The van der Waals surface area contributed by atoms with E-state index >= 15 is 0 Å². The molecule has 0 aromatic heterocycles. The van der Waals surface area contributed by atoms with Crippen molar-refractivity contribution in [3.8, 4) is 0 Å². The van der Waals surface area contributed by atoms with Crippen LogP contribution in [-0.4, -0.2) is 62.4 Å². The quantitative estimate of drug-likeness (QED) is 0.694. The minimum atomic E-state index is -0.605. The second-order valence-electron chi connectivity index (χ2n) is 5.03. The molecule has 1 atom stereocenters. The Hall–Kier alpha value is -1.50. The number of carbonyl (C=O) groups is 1. The van der Waals surface area contributed by atoms with Crippen LogP contribution < -0.4 is 5.32 Å². The first kappa shape index (κ1) is 17.6. The predicted octanol–water partition coefficient (Wildman–Crippen LogP) is 0.424. The highest BCUT2D eigenvalue weighted by Gasteiger charge is 2.11. The van der Waals surface area contributed by atoms with E-state index in [4.69, 9.17) is 4.74 Å². The first-order valence-corrected chi connectivity index (χ1v) is 6.88. The molecule has 0 bridgehead atoms. The van der Waals surface area contributed by atoms with Crippen molar-refractivity contribution >= 4 is 5.91 Å². The van der Waals surface area contributed by atoms with E-state index in [0.29, 0.717) is 19.5 Å². The number of benzene rings is 1.